The Kier molecular flexibility index (Phi) is 5.22. The summed E-state index contributed by atoms with van der Waals surface area (Å²) in [4.78, 5) is 14.0. The molecule has 2 aromatic rings. The number of rotatable bonds is 5. The van der Waals surface area contributed by atoms with Crippen molar-refractivity contribution >= 4 is 11.7 Å². The molecule has 3 rings (SSSR count). The molecule has 1 aliphatic rings. The maximum Gasteiger partial charge on any atom is 0.414 e. The second kappa shape index (κ2) is 7.56. The van der Waals surface area contributed by atoms with Gasteiger partial charge < -0.3 is 4.74 Å². The van der Waals surface area contributed by atoms with Gasteiger partial charge in [0.2, 0.25) is 0 Å². The van der Waals surface area contributed by atoms with Crippen LogP contribution in [-0.2, 0) is 4.74 Å². The number of allylic oxidation sites excluding steroid dienone is 1. The molecule has 2 aromatic carbocycles. The van der Waals surface area contributed by atoms with Crippen molar-refractivity contribution in [1.29, 1.82) is 0 Å². The van der Waals surface area contributed by atoms with Gasteiger partial charge in [-0.2, -0.15) is 0 Å². The van der Waals surface area contributed by atoms with Crippen molar-refractivity contribution in [2.45, 2.75) is 32.7 Å². The summed E-state index contributed by atoms with van der Waals surface area (Å²) in [7, 11) is 0. The first kappa shape index (κ1) is 17.3. The summed E-state index contributed by atoms with van der Waals surface area (Å²) in [6.45, 7) is 6.88. The molecule has 1 heterocycles. The molecule has 0 aliphatic carbocycles. The van der Waals surface area contributed by atoms with Crippen LogP contribution in [0.4, 0.5) is 4.79 Å². The zero-order chi connectivity index (χ0) is 17.8. The Labute approximate surface area is 149 Å². The van der Waals surface area contributed by atoms with Crippen LogP contribution in [0.5, 0.6) is 0 Å². The third-order valence-electron chi connectivity index (χ3n) is 4.87. The highest BCUT2D eigenvalue weighted by atomic mass is 16.6. The molecule has 1 fully saturated rings. The molecule has 0 bridgehead atoms. The standard InChI is InChI=1S/C22H25NO2/c1-16(2)21-15-25-22(24)23(21)14-20(19-12-8-5-9-13-19)17(3)18-10-6-4-7-11-18/h4-14,16-17,21H,15H2,1-3H3/b20-14-/t17-,21+/m0/s1. The van der Waals surface area contributed by atoms with E-state index in [1.807, 2.05) is 30.5 Å². The van der Waals surface area contributed by atoms with Gasteiger partial charge in [-0.05, 0) is 22.6 Å². The molecule has 130 valence electrons. The van der Waals surface area contributed by atoms with E-state index in [0.717, 1.165) is 11.1 Å². The Hall–Kier alpha value is -2.55. The molecule has 1 aliphatic heterocycles. The molecule has 0 radical (unpaired) electrons. The number of hydrogen-bond donors (Lipinski definition) is 0. The van der Waals surface area contributed by atoms with Gasteiger partial charge in [-0.3, -0.25) is 4.90 Å². The molecule has 0 N–H and O–H groups in total. The van der Waals surface area contributed by atoms with E-state index in [1.54, 1.807) is 4.90 Å². The predicted molar refractivity (Wildman–Crippen MR) is 101 cm³/mol. The van der Waals surface area contributed by atoms with Crippen LogP contribution in [0, 0.1) is 5.92 Å². The first-order valence-corrected chi connectivity index (χ1v) is 8.85. The molecule has 1 saturated heterocycles. The number of nitrogens with zero attached hydrogens (tertiary/aromatic N) is 1. The first-order chi connectivity index (χ1) is 12.1. The largest absolute Gasteiger partial charge is 0.447 e. The van der Waals surface area contributed by atoms with Gasteiger partial charge in [-0.25, -0.2) is 4.79 Å². The van der Waals surface area contributed by atoms with Crippen molar-refractivity contribution in [3.05, 3.63) is 78.0 Å². The first-order valence-electron chi connectivity index (χ1n) is 8.85. The van der Waals surface area contributed by atoms with Crippen molar-refractivity contribution in [3.8, 4) is 0 Å². The smallest absolute Gasteiger partial charge is 0.414 e. The number of benzene rings is 2. The van der Waals surface area contributed by atoms with Gasteiger partial charge in [-0.1, -0.05) is 81.4 Å². The van der Waals surface area contributed by atoms with Crippen LogP contribution in [0.25, 0.3) is 5.57 Å². The van der Waals surface area contributed by atoms with E-state index < -0.39 is 0 Å². The molecule has 25 heavy (non-hydrogen) atoms. The minimum Gasteiger partial charge on any atom is -0.447 e. The lowest BCUT2D eigenvalue weighted by atomic mass is 9.88. The van der Waals surface area contributed by atoms with E-state index in [0.29, 0.717) is 12.5 Å². The number of ether oxygens (including phenoxy) is 1. The monoisotopic (exact) mass is 335 g/mol. The molecular formula is C22H25NO2. The molecule has 3 nitrogen and oxygen atoms in total. The number of hydrogen-bond acceptors (Lipinski definition) is 2. The summed E-state index contributed by atoms with van der Waals surface area (Å²) in [5.74, 6) is 0.511. The van der Waals surface area contributed by atoms with Gasteiger partial charge in [0.25, 0.3) is 0 Å². The second-order valence-corrected chi connectivity index (χ2v) is 6.88. The highest BCUT2D eigenvalue weighted by molar-refractivity contribution is 5.77. The van der Waals surface area contributed by atoms with Gasteiger partial charge in [0.05, 0.1) is 6.04 Å². The predicted octanol–water partition coefficient (Wildman–Crippen LogP) is 5.31. The van der Waals surface area contributed by atoms with Crippen LogP contribution in [0.2, 0.25) is 0 Å². The summed E-state index contributed by atoms with van der Waals surface area (Å²) in [6.07, 6.45) is 1.74. The quantitative estimate of drug-likeness (QED) is 0.741. The fraction of sp³-hybridized carbons (Fsp3) is 0.318. The number of carbonyl (C=O) groups is 1. The summed E-state index contributed by atoms with van der Waals surface area (Å²) in [5.41, 5.74) is 3.48. The number of carbonyl (C=O) groups excluding carboxylic acids is 1. The Balaban J connectivity index is 2.03. The summed E-state index contributed by atoms with van der Waals surface area (Å²) < 4.78 is 5.30. The minimum atomic E-state index is -0.257. The lowest BCUT2D eigenvalue weighted by Gasteiger charge is -2.25. The number of cyclic esters (lactones) is 1. The molecule has 0 saturated carbocycles. The zero-order valence-electron chi connectivity index (χ0n) is 15.1. The van der Waals surface area contributed by atoms with Crippen LogP contribution < -0.4 is 0 Å². The molecular weight excluding hydrogens is 310 g/mol. The van der Waals surface area contributed by atoms with Gasteiger partial charge in [-0.15, -0.1) is 0 Å². The highest BCUT2D eigenvalue weighted by Gasteiger charge is 2.34. The van der Waals surface area contributed by atoms with Crippen LogP contribution in [0.1, 0.15) is 37.8 Å². The average Bonchev–Trinajstić information content (AvgIpc) is 3.01. The van der Waals surface area contributed by atoms with Crippen LogP contribution in [-0.4, -0.2) is 23.6 Å². The van der Waals surface area contributed by atoms with E-state index >= 15 is 0 Å². The Morgan fingerprint density at radius 3 is 2.24 bits per heavy atom. The average molecular weight is 335 g/mol. The van der Waals surface area contributed by atoms with Crippen LogP contribution >= 0.6 is 0 Å². The van der Waals surface area contributed by atoms with Gasteiger partial charge in [0.15, 0.2) is 0 Å². The Bertz CT molecular complexity index is 737. The molecule has 2 atom stereocenters. The second-order valence-electron chi connectivity index (χ2n) is 6.88. The normalized spacial score (nSPS) is 19.2. The van der Waals surface area contributed by atoms with Gasteiger partial charge in [0, 0.05) is 12.1 Å². The maximum atomic E-state index is 12.3. The maximum absolute atomic E-state index is 12.3. The topological polar surface area (TPSA) is 29.5 Å². The van der Waals surface area contributed by atoms with E-state index in [1.165, 1.54) is 5.56 Å². The third-order valence-corrected chi connectivity index (χ3v) is 4.87. The Morgan fingerprint density at radius 2 is 1.64 bits per heavy atom. The highest BCUT2D eigenvalue weighted by Crippen LogP contribution is 2.33. The van der Waals surface area contributed by atoms with Crippen molar-refractivity contribution in [3.63, 3.8) is 0 Å². The molecule has 0 aromatic heterocycles. The van der Waals surface area contributed by atoms with E-state index in [4.69, 9.17) is 4.74 Å². The molecule has 0 unspecified atom stereocenters. The van der Waals surface area contributed by atoms with Crippen molar-refractivity contribution in [2.75, 3.05) is 6.61 Å². The summed E-state index contributed by atoms with van der Waals surface area (Å²) in [6, 6.07) is 20.7. The third kappa shape index (κ3) is 3.76. The molecule has 0 spiro atoms. The van der Waals surface area contributed by atoms with Gasteiger partial charge >= 0.3 is 6.09 Å². The van der Waals surface area contributed by atoms with Crippen molar-refractivity contribution in [1.82, 2.24) is 4.90 Å². The van der Waals surface area contributed by atoms with E-state index in [9.17, 15) is 4.79 Å². The molecule has 1 amide bonds. The SMILES string of the molecule is CC(C)[C@H]1COC(=O)N1/C=C(\c1ccccc1)[C@@H](C)c1ccccc1. The van der Waals surface area contributed by atoms with Gasteiger partial charge in [0.1, 0.15) is 6.61 Å². The Morgan fingerprint density at radius 1 is 1.04 bits per heavy atom. The lowest BCUT2D eigenvalue weighted by molar-refractivity contribution is 0.166. The van der Waals surface area contributed by atoms with E-state index in [2.05, 4.69) is 57.2 Å². The molecule has 3 heteroatoms. The minimum absolute atomic E-state index is 0.0779. The van der Waals surface area contributed by atoms with E-state index in [-0.39, 0.29) is 18.1 Å². The van der Waals surface area contributed by atoms with Crippen LogP contribution in [0.15, 0.2) is 66.9 Å². The zero-order valence-corrected chi connectivity index (χ0v) is 15.1. The fourth-order valence-electron chi connectivity index (χ4n) is 3.25. The van der Waals surface area contributed by atoms with Crippen molar-refractivity contribution < 1.29 is 9.53 Å². The summed E-state index contributed by atoms with van der Waals surface area (Å²) in [5, 5.41) is 0. The van der Waals surface area contributed by atoms with Crippen molar-refractivity contribution in [2.24, 2.45) is 5.92 Å². The fourth-order valence-corrected chi connectivity index (χ4v) is 3.25. The summed E-state index contributed by atoms with van der Waals surface area (Å²) >= 11 is 0. The van der Waals surface area contributed by atoms with Crippen LogP contribution in [0.3, 0.4) is 0 Å². The lowest BCUT2D eigenvalue weighted by Crippen LogP contribution is -2.33. The number of amides is 1.